The van der Waals surface area contributed by atoms with Crippen LogP contribution >= 0.6 is 12.2 Å². The van der Waals surface area contributed by atoms with Crippen LogP contribution in [0.25, 0.3) is 0 Å². The lowest BCUT2D eigenvalue weighted by atomic mass is 10.0. The van der Waals surface area contributed by atoms with Crippen molar-refractivity contribution in [3.63, 3.8) is 0 Å². The summed E-state index contributed by atoms with van der Waals surface area (Å²) < 4.78 is 19.3. The first-order valence-corrected chi connectivity index (χ1v) is 7.93. The third-order valence-corrected chi connectivity index (χ3v) is 3.97. The van der Waals surface area contributed by atoms with Gasteiger partial charge in [0.05, 0.1) is 6.10 Å². The lowest BCUT2D eigenvalue weighted by Crippen LogP contribution is -2.39. The van der Waals surface area contributed by atoms with Crippen LogP contribution in [0.3, 0.4) is 0 Å². The molecule has 2 N–H and O–H groups in total. The first kappa shape index (κ1) is 16.3. The maximum absolute atomic E-state index is 13.5. The van der Waals surface area contributed by atoms with Crippen LogP contribution in [0.5, 0.6) is 0 Å². The van der Waals surface area contributed by atoms with Gasteiger partial charge in [0.25, 0.3) is 0 Å². The van der Waals surface area contributed by atoms with Crippen LogP contribution in [-0.2, 0) is 11.3 Å². The molecule has 2 rings (SSSR count). The van der Waals surface area contributed by atoms with E-state index in [1.54, 1.807) is 6.07 Å². The summed E-state index contributed by atoms with van der Waals surface area (Å²) in [6, 6.07) is 4.61. The van der Waals surface area contributed by atoms with Crippen molar-refractivity contribution >= 4 is 17.2 Å². The molecule has 0 aromatic heterocycles. The van der Waals surface area contributed by atoms with E-state index in [0.29, 0.717) is 11.5 Å². The fraction of sp³-hybridized carbons (Fsp3) is 0.562. The van der Waals surface area contributed by atoms with Gasteiger partial charge >= 0.3 is 0 Å². The van der Waals surface area contributed by atoms with Crippen molar-refractivity contribution in [2.45, 2.75) is 38.8 Å². The Hall–Kier alpha value is -1.04. The predicted molar refractivity (Wildman–Crippen MR) is 86.8 cm³/mol. The van der Waals surface area contributed by atoms with E-state index >= 15 is 0 Å². The van der Waals surface area contributed by atoms with E-state index in [4.69, 9.17) is 22.7 Å². The molecule has 1 aromatic rings. The zero-order chi connectivity index (χ0) is 15.2. The van der Waals surface area contributed by atoms with Crippen LogP contribution in [0.4, 0.5) is 4.39 Å². The second-order valence-corrected chi connectivity index (χ2v) is 5.98. The van der Waals surface area contributed by atoms with Crippen molar-refractivity contribution in [3.05, 3.63) is 35.1 Å². The molecule has 116 valence electrons. The number of rotatable bonds is 6. The average molecular weight is 310 g/mol. The van der Waals surface area contributed by atoms with Crippen LogP contribution < -0.4 is 5.73 Å². The van der Waals surface area contributed by atoms with E-state index in [9.17, 15) is 4.39 Å². The van der Waals surface area contributed by atoms with Crippen LogP contribution in [-0.4, -0.2) is 35.7 Å². The number of nitrogens with two attached hydrogens (primary N) is 1. The molecule has 0 bridgehead atoms. The minimum absolute atomic E-state index is 0.249. The van der Waals surface area contributed by atoms with Gasteiger partial charge in [0.2, 0.25) is 0 Å². The van der Waals surface area contributed by atoms with Crippen molar-refractivity contribution in [3.8, 4) is 0 Å². The van der Waals surface area contributed by atoms with Gasteiger partial charge in [-0.1, -0.05) is 19.1 Å². The van der Waals surface area contributed by atoms with E-state index in [-0.39, 0.29) is 11.9 Å². The zero-order valence-corrected chi connectivity index (χ0v) is 13.3. The van der Waals surface area contributed by atoms with Gasteiger partial charge in [0.15, 0.2) is 0 Å². The summed E-state index contributed by atoms with van der Waals surface area (Å²) in [4.78, 5) is 2.61. The standard InChI is InChI=1S/C16H23FN2OS/c1-2-8-20-14-4-3-7-19(11-14)10-12-9-13(17)5-6-15(12)16(18)21/h5-6,9,14H,2-4,7-8,10-11H2,1H3,(H2,18,21). The van der Waals surface area contributed by atoms with E-state index in [1.165, 1.54) is 12.1 Å². The Morgan fingerprint density at radius 3 is 3.05 bits per heavy atom. The Kier molecular flexibility index (Phi) is 6.08. The molecule has 3 nitrogen and oxygen atoms in total. The van der Waals surface area contributed by atoms with Crippen LogP contribution in [0, 0.1) is 5.82 Å². The normalized spacial score (nSPS) is 19.6. The molecule has 1 aromatic carbocycles. The highest BCUT2D eigenvalue weighted by Gasteiger charge is 2.21. The van der Waals surface area contributed by atoms with Gasteiger partial charge in [-0.3, -0.25) is 4.90 Å². The molecule has 5 heteroatoms. The van der Waals surface area contributed by atoms with Gasteiger partial charge in [-0.2, -0.15) is 0 Å². The monoisotopic (exact) mass is 310 g/mol. The molecule has 0 saturated carbocycles. The predicted octanol–water partition coefficient (Wildman–Crippen LogP) is 2.85. The topological polar surface area (TPSA) is 38.5 Å². The minimum atomic E-state index is -0.249. The number of nitrogens with zero attached hydrogens (tertiary/aromatic N) is 1. The number of piperidine rings is 1. The average Bonchev–Trinajstić information content (AvgIpc) is 2.45. The maximum atomic E-state index is 13.5. The van der Waals surface area contributed by atoms with Crippen LogP contribution in [0.1, 0.15) is 37.3 Å². The minimum Gasteiger partial charge on any atom is -0.389 e. The van der Waals surface area contributed by atoms with Gasteiger partial charge < -0.3 is 10.5 Å². The van der Waals surface area contributed by atoms with E-state index < -0.39 is 0 Å². The molecule has 1 fully saturated rings. The van der Waals surface area contributed by atoms with E-state index in [1.807, 2.05) is 0 Å². The summed E-state index contributed by atoms with van der Waals surface area (Å²) in [5.74, 6) is -0.249. The fourth-order valence-electron chi connectivity index (χ4n) is 2.75. The zero-order valence-electron chi connectivity index (χ0n) is 12.5. The quantitative estimate of drug-likeness (QED) is 0.820. The summed E-state index contributed by atoms with van der Waals surface area (Å²) in [5.41, 5.74) is 7.36. The molecular weight excluding hydrogens is 287 g/mol. The maximum Gasteiger partial charge on any atom is 0.123 e. The lowest BCUT2D eigenvalue weighted by molar-refractivity contribution is -0.00225. The number of hydrogen-bond acceptors (Lipinski definition) is 3. The Balaban J connectivity index is 2.03. The number of benzene rings is 1. The molecule has 1 saturated heterocycles. The first-order chi connectivity index (χ1) is 10.1. The Labute approximate surface area is 131 Å². The molecule has 1 atom stereocenters. The van der Waals surface area contributed by atoms with Gasteiger partial charge in [-0.15, -0.1) is 0 Å². The molecule has 1 aliphatic rings. The van der Waals surface area contributed by atoms with Crippen molar-refractivity contribution in [2.75, 3.05) is 19.7 Å². The smallest absolute Gasteiger partial charge is 0.123 e. The van der Waals surface area contributed by atoms with Gasteiger partial charge in [-0.25, -0.2) is 4.39 Å². The van der Waals surface area contributed by atoms with Gasteiger partial charge in [-0.05, 0) is 49.6 Å². The highest BCUT2D eigenvalue weighted by molar-refractivity contribution is 7.80. The molecule has 1 heterocycles. The molecule has 1 unspecified atom stereocenters. The molecule has 0 radical (unpaired) electrons. The molecule has 0 spiro atoms. The lowest BCUT2D eigenvalue weighted by Gasteiger charge is -2.33. The molecule has 0 aliphatic carbocycles. The van der Waals surface area contributed by atoms with Gasteiger partial charge in [0, 0.05) is 25.3 Å². The summed E-state index contributed by atoms with van der Waals surface area (Å²) >= 11 is 5.05. The highest BCUT2D eigenvalue weighted by atomic mass is 32.1. The number of thiocarbonyl (C=S) groups is 1. The second kappa shape index (κ2) is 7.82. The van der Waals surface area contributed by atoms with Crippen molar-refractivity contribution < 1.29 is 9.13 Å². The molecule has 21 heavy (non-hydrogen) atoms. The second-order valence-electron chi connectivity index (χ2n) is 5.54. The fourth-order valence-corrected chi connectivity index (χ4v) is 2.95. The van der Waals surface area contributed by atoms with Crippen LogP contribution in [0.15, 0.2) is 18.2 Å². The number of likely N-dealkylation sites (tertiary alicyclic amines) is 1. The number of hydrogen-bond donors (Lipinski definition) is 1. The third-order valence-electron chi connectivity index (χ3n) is 3.75. The summed E-state index contributed by atoms with van der Waals surface area (Å²) in [6.07, 6.45) is 3.51. The Morgan fingerprint density at radius 2 is 2.33 bits per heavy atom. The summed E-state index contributed by atoms with van der Waals surface area (Å²) in [5, 5.41) is 0. The van der Waals surface area contributed by atoms with Crippen molar-refractivity contribution in [1.29, 1.82) is 0 Å². The Bertz CT molecular complexity index is 495. The first-order valence-electron chi connectivity index (χ1n) is 7.52. The summed E-state index contributed by atoms with van der Waals surface area (Å²) in [6.45, 7) is 5.46. The largest absolute Gasteiger partial charge is 0.389 e. The van der Waals surface area contributed by atoms with Crippen molar-refractivity contribution in [2.24, 2.45) is 5.73 Å². The third kappa shape index (κ3) is 4.73. The van der Waals surface area contributed by atoms with Gasteiger partial charge in [0.1, 0.15) is 10.8 Å². The summed E-state index contributed by atoms with van der Waals surface area (Å²) in [7, 11) is 0. The van der Waals surface area contributed by atoms with Crippen LogP contribution in [0.2, 0.25) is 0 Å². The molecular formula is C16H23FN2OS. The Morgan fingerprint density at radius 1 is 1.52 bits per heavy atom. The van der Waals surface area contributed by atoms with E-state index in [0.717, 1.165) is 50.1 Å². The van der Waals surface area contributed by atoms with Crippen molar-refractivity contribution in [1.82, 2.24) is 4.90 Å². The van der Waals surface area contributed by atoms with E-state index in [2.05, 4.69) is 11.8 Å². The molecule has 0 amide bonds. The number of ether oxygens (including phenoxy) is 1. The molecule has 1 aliphatic heterocycles. The number of halogens is 1. The highest BCUT2D eigenvalue weighted by Crippen LogP contribution is 2.19. The SMILES string of the molecule is CCCOC1CCCN(Cc2cc(F)ccc2C(N)=S)C1.